The third kappa shape index (κ3) is 4.26. The highest BCUT2D eigenvalue weighted by Gasteiger charge is 2.19. The highest BCUT2D eigenvalue weighted by atomic mass is 16.3. The molecule has 4 rings (SSSR count). The zero-order valence-electron chi connectivity index (χ0n) is 17.8. The summed E-state index contributed by atoms with van der Waals surface area (Å²) >= 11 is 0. The van der Waals surface area contributed by atoms with E-state index in [-0.39, 0.29) is 17.6 Å². The van der Waals surface area contributed by atoms with Gasteiger partial charge in [0.2, 0.25) is 0 Å². The number of hydrogen-bond donors (Lipinski definition) is 2. The maximum absolute atomic E-state index is 11.9. The minimum Gasteiger partial charge on any atom is -0.508 e. The van der Waals surface area contributed by atoms with Crippen molar-refractivity contribution in [3.05, 3.63) is 66.0 Å². The predicted molar refractivity (Wildman–Crippen MR) is 121 cm³/mol. The van der Waals surface area contributed by atoms with Crippen LogP contribution in [0.3, 0.4) is 0 Å². The molecule has 7 nitrogen and oxygen atoms in total. The van der Waals surface area contributed by atoms with Crippen molar-refractivity contribution in [2.75, 3.05) is 11.9 Å². The van der Waals surface area contributed by atoms with Gasteiger partial charge in [0, 0.05) is 23.7 Å². The molecule has 0 aliphatic carbocycles. The number of ketones is 1. The average Bonchev–Trinajstić information content (AvgIpc) is 3.16. The van der Waals surface area contributed by atoms with Crippen LogP contribution in [0.5, 0.6) is 5.75 Å². The van der Waals surface area contributed by atoms with Gasteiger partial charge in [-0.05, 0) is 51.0 Å². The quantitative estimate of drug-likeness (QED) is 0.427. The normalized spacial score (nSPS) is 11.2. The molecule has 2 aromatic carbocycles. The van der Waals surface area contributed by atoms with Crippen LogP contribution in [0.4, 0.5) is 5.82 Å². The second kappa shape index (κ2) is 8.55. The largest absolute Gasteiger partial charge is 0.508 e. The van der Waals surface area contributed by atoms with Gasteiger partial charge in [0.1, 0.15) is 17.9 Å². The minimum absolute atomic E-state index is 0.0189. The number of carbonyl (C=O) groups excluding carboxylic acids is 1. The summed E-state index contributed by atoms with van der Waals surface area (Å²) in [6.07, 6.45) is 2.33. The first-order chi connectivity index (χ1) is 14.9. The number of phenols is 1. The number of carbonyl (C=O) groups is 1. The highest BCUT2D eigenvalue weighted by Crippen LogP contribution is 2.30. The molecule has 4 aromatic rings. The van der Waals surface area contributed by atoms with Gasteiger partial charge in [-0.15, -0.1) is 0 Å². The fourth-order valence-electron chi connectivity index (χ4n) is 3.60. The lowest BCUT2D eigenvalue weighted by Gasteiger charge is -2.13. The van der Waals surface area contributed by atoms with Crippen LogP contribution in [0, 0.1) is 0 Å². The number of nitrogens with zero attached hydrogens (tertiary/aromatic N) is 4. The summed E-state index contributed by atoms with van der Waals surface area (Å²) in [5.74, 6) is 1.71. The standard InChI is InChI=1S/C24H25N5O2/c1-15(2)29-23(19-6-4-5-18(13-19)16(3)30)28-21-22(26-14-27-24(21)29)25-12-11-17-7-9-20(31)10-8-17/h4-10,13-15,31H,11-12H2,1-3H3,(H,25,26,27). The van der Waals surface area contributed by atoms with E-state index in [1.165, 1.54) is 0 Å². The molecule has 0 aliphatic heterocycles. The monoisotopic (exact) mass is 415 g/mol. The van der Waals surface area contributed by atoms with E-state index >= 15 is 0 Å². The molecular weight excluding hydrogens is 390 g/mol. The Hall–Kier alpha value is -3.74. The first-order valence-corrected chi connectivity index (χ1v) is 10.3. The third-order valence-corrected chi connectivity index (χ3v) is 5.16. The highest BCUT2D eigenvalue weighted by molar-refractivity contribution is 5.95. The molecule has 0 spiro atoms. The van der Waals surface area contributed by atoms with Gasteiger partial charge < -0.3 is 15.0 Å². The molecule has 0 atom stereocenters. The fraction of sp³-hybridized carbons (Fsp3) is 0.250. The van der Waals surface area contributed by atoms with E-state index in [9.17, 15) is 9.90 Å². The Labute approximate surface area is 180 Å². The Morgan fingerprint density at radius 1 is 1.13 bits per heavy atom. The molecule has 0 unspecified atom stereocenters. The summed E-state index contributed by atoms with van der Waals surface area (Å²) < 4.78 is 2.07. The van der Waals surface area contributed by atoms with Crippen LogP contribution in [0.1, 0.15) is 42.7 Å². The summed E-state index contributed by atoms with van der Waals surface area (Å²) in [5.41, 5.74) is 4.09. The number of imidazole rings is 1. The lowest BCUT2D eigenvalue weighted by atomic mass is 10.1. The molecule has 0 amide bonds. The molecule has 31 heavy (non-hydrogen) atoms. The van der Waals surface area contributed by atoms with Crippen LogP contribution in [0.2, 0.25) is 0 Å². The first-order valence-electron chi connectivity index (χ1n) is 10.3. The van der Waals surface area contributed by atoms with E-state index < -0.39 is 0 Å². The van der Waals surface area contributed by atoms with Gasteiger partial charge >= 0.3 is 0 Å². The van der Waals surface area contributed by atoms with Gasteiger partial charge in [0.05, 0.1) is 0 Å². The second-order valence-corrected chi connectivity index (χ2v) is 7.77. The Balaban J connectivity index is 1.69. The molecule has 158 valence electrons. The minimum atomic E-state index is 0.0189. The van der Waals surface area contributed by atoms with E-state index in [2.05, 4.69) is 33.7 Å². The Morgan fingerprint density at radius 2 is 1.90 bits per heavy atom. The summed E-state index contributed by atoms with van der Waals surface area (Å²) in [6.45, 7) is 6.39. The molecule has 0 aliphatic rings. The van der Waals surface area contributed by atoms with Crippen molar-refractivity contribution in [1.82, 2.24) is 19.5 Å². The summed E-state index contributed by atoms with van der Waals surface area (Å²) in [7, 11) is 0. The van der Waals surface area contributed by atoms with E-state index in [1.54, 1.807) is 25.4 Å². The Bertz CT molecular complexity index is 1230. The van der Waals surface area contributed by atoms with E-state index in [0.29, 0.717) is 23.4 Å². The van der Waals surface area contributed by atoms with Crippen molar-refractivity contribution in [1.29, 1.82) is 0 Å². The molecule has 7 heteroatoms. The lowest BCUT2D eigenvalue weighted by Crippen LogP contribution is -2.08. The average molecular weight is 415 g/mol. The number of benzene rings is 2. The summed E-state index contributed by atoms with van der Waals surface area (Å²) in [5, 5.41) is 12.8. The number of fused-ring (bicyclic) bond motifs is 1. The van der Waals surface area contributed by atoms with E-state index in [0.717, 1.165) is 29.0 Å². The van der Waals surface area contributed by atoms with Gasteiger partial charge in [-0.2, -0.15) is 0 Å². The SMILES string of the molecule is CC(=O)c1cccc(-c2nc3c(NCCc4ccc(O)cc4)ncnc3n2C(C)C)c1. The van der Waals surface area contributed by atoms with Crippen LogP contribution >= 0.6 is 0 Å². The number of hydrogen-bond acceptors (Lipinski definition) is 6. The van der Waals surface area contributed by atoms with E-state index in [4.69, 9.17) is 4.98 Å². The van der Waals surface area contributed by atoms with Crippen LogP contribution < -0.4 is 5.32 Å². The van der Waals surface area contributed by atoms with Gasteiger partial charge in [-0.25, -0.2) is 15.0 Å². The first kappa shape index (κ1) is 20.5. The fourth-order valence-corrected chi connectivity index (χ4v) is 3.60. The van der Waals surface area contributed by atoms with Gasteiger partial charge in [-0.3, -0.25) is 4.79 Å². The molecule has 0 radical (unpaired) electrons. The zero-order chi connectivity index (χ0) is 22.0. The van der Waals surface area contributed by atoms with Crippen molar-refractivity contribution < 1.29 is 9.90 Å². The predicted octanol–water partition coefficient (Wildman–Crippen LogP) is 4.64. The smallest absolute Gasteiger partial charge is 0.166 e. The van der Waals surface area contributed by atoms with Crippen LogP contribution in [0.25, 0.3) is 22.6 Å². The molecular formula is C24H25N5O2. The van der Waals surface area contributed by atoms with Gasteiger partial charge in [0.25, 0.3) is 0 Å². The number of anilines is 1. The van der Waals surface area contributed by atoms with Crippen molar-refractivity contribution in [2.24, 2.45) is 0 Å². The van der Waals surface area contributed by atoms with Crippen molar-refractivity contribution in [3.8, 4) is 17.1 Å². The number of aromatic nitrogens is 4. The van der Waals surface area contributed by atoms with Crippen molar-refractivity contribution >= 4 is 22.8 Å². The molecule has 2 heterocycles. The van der Waals surface area contributed by atoms with Crippen LogP contribution in [-0.2, 0) is 6.42 Å². The molecule has 2 aromatic heterocycles. The maximum Gasteiger partial charge on any atom is 0.166 e. The number of Topliss-reactive ketones (excluding diaryl/α,β-unsaturated/α-hetero) is 1. The second-order valence-electron chi connectivity index (χ2n) is 7.77. The molecule has 0 fully saturated rings. The van der Waals surface area contributed by atoms with Crippen LogP contribution in [-0.4, -0.2) is 37.0 Å². The zero-order valence-corrected chi connectivity index (χ0v) is 17.8. The van der Waals surface area contributed by atoms with Crippen LogP contribution in [0.15, 0.2) is 54.9 Å². The molecule has 0 bridgehead atoms. The molecule has 0 saturated heterocycles. The number of phenolic OH excluding ortho intramolecular Hbond substituents is 1. The maximum atomic E-state index is 11.9. The topological polar surface area (TPSA) is 92.9 Å². The molecule has 0 saturated carbocycles. The van der Waals surface area contributed by atoms with E-state index in [1.807, 2.05) is 36.4 Å². The lowest BCUT2D eigenvalue weighted by molar-refractivity contribution is 0.101. The van der Waals surface area contributed by atoms with Crippen molar-refractivity contribution in [3.63, 3.8) is 0 Å². The van der Waals surface area contributed by atoms with Gasteiger partial charge in [0.15, 0.2) is 22.8 Å². The summed E-state index contributed by atoms with van der Waals surface area (Å²) in [4.78, 5) is 25.6. The number of rotatable bonds is 7. The van der Waals surface area contributed by atoms with Crippen molar-refractivity contribution in [2.45, 2.75) is 33.2 Å². The number of aromatic hydroxyl groups is 1. The summed E-state index contributed by atoms with van der Waals surface area (Å²) in [6, 6.07) is 14.8. The third-order valence-electron chi connectivity index (χ3n) is 5.16. The Morgan fingerprint density at radius 3 is 2.61 bits per heavy atom. The molecule has 2 N–H and O–H groups in total. The van der Waals surface area contributed by atoms with Gasteiger partial charge in [-0.1, -0.05) is 30.3 Å². The Kier molecular flexibility index (Phi) is 5.66. The number of nitrogens with one attached hydrogen (secondary N) is 1.